The Kier molecular flexibility index (Phi) is 4.64. The fourth-order valence-corrected chi connectivity index (χ4v) is 3.67. The number of carbonyl (C=O) groups is 1. The molecule has 1 heterocycles. The number of nitrogen functional groups attached to an aromatic ring is 1. The third kappa shape index (κ3) is 3.32. The van der Waals surface area contributed by atoms with Crippen molar-refractivity contribution >= 4 is 58.3 Å². The molecule has 3 nitrogen and oxygen atoms in total. The second-order valence-electron chi connectivity index (χ2n) is 6.06. The van der Waals surface area contributed by atoms with Crippen molar-refractivity contribution in [2.24, 2.45) is 0 Å². The highest BCUT2D eigenvalue weighted by Crippen LogP contribution is 2.34. The monoisotopic (exact) mass is 413 g/mol. The van der Waals surface area contributed by atoms with Crippen molar-refractivity contribution in [3.63, 3.8) is 0 Å². The second-order valence-corrected chi connectivity index (χ2v) is 7.42. The molecular formula is C21H13Cl2NO2S. The van der Waals surface area contributed by atoms with E-state index in [1.54, 1.807) is 12.1 Å². The van der Waals surface area contributed by atoms with Crippen LogP contribution < -0.4 is 5.73 Å². The minimum atomic E-state index is -0.385. The molecule has 0 aliphatic heterocycles. The summed E-state index contributed by atoms with van der Waals surface area (Å²) < 4.78 is 5.81. The van der Waals surface area contributed by atoms with Gasteiger partial charge in [0.2, 0.25) is 5.78 Å². The summed E-state index contributed by atoms with van der Waals surface area (Å²) in [6.07, 6.45) is 0. The van der Waals surface area contributed by atoms with Crippen LogP contribution in [0.15, 0.2) is 70.0 Å². The molecule has 0 aliphatic rings. The first kappa shape index (κ1) is 18.0. The third-order valence-corrected chi connectivity index (χ3v) is 5.12. The maximum absolute atomic E-state index is 12.9. The molecule has 4 rings (SSSR count). The summed E-state index contributed by atoms with van der Waals surface area (Å²) in [7, 11) is 0. The van der Waals surface area contributed by atoms with Gasteiger partial charge in [0, 0.05) is 20.9 Å². The number of ketones is 1. The smallest absolute Gasteiger partial charge is 0.231 e. The standard InChI is InChI=1S/C21H13Cl2NO2S/c22-13-5-7-15(17(23)10-13)20(25)21-19(24)16-6-4-12(9-18(16)26-21)11-2-1-3-14(27)8-11/h1-10,27H,24H2. The minimum Gasteiger partial charge on any atom is -0.450 e. The minimum absolute atomic E-state index is 0.0642. The van der Waals surface area contributed by atoms with E-state index in [0.717, 1.165) is 16.0 Å². The molecule has 0 saturated heterocycles. The number of halogens is 2. The second kappa shape index (κ2) is 6.97. The van der Waals surface area contributed by atoms with Gasteiger partial charge in [-0.1, -0.05) is 41.4 Å². The summed E-state index contributed by atoms with van der Waals surface area (Å²) in [6.45, 7) is 0. The molecule has 134 valence electrons. The van der Waals surface area contributed by atoms with E-state index >= 15 is 0 Å². The molecule has 0 fully saturated rings. The Morgan fingerprint density at radius 1 is 0.963 bits per heavy atom. The Labute approximate surface area is 171 Å². The fourth-order valence-electron chi connectivity index (χ4n) is 2.95. The number of furan rings is 1. The molecule has 6 heteroatoms. The van der Waals surface area contributed by atoms with Crippen molar-refractivity contribution < 1.29 is 9.21 Å². The zero-order valence-corrected chi connectivity index (χ0v) is 16.3. The molecule has 0 saturated carbocycles. The van der Waals surface area contributed by atoms with Gasteiger partial charge in [0.05, 0.1) is 10.7 Å². The van der Waals surface area contributed by atoms with Crippen LogP contribution in [-0.4, -0.2) is 5.78 Å². The Balaban J connectivity index is 1.81. The lowest BCUT2D eigenvalue weighted by Crippen LogP contribution is -2.03. The summed E-state index contributed by atoms with van der Waals surface area (Å²) in [6, 6.07) is 18.1. The van der Waals surface area contributed by atoms with Crippen LogP contribution in [0.5, 0.6) is 0 Å². The van der Waals surface area contributed by atoms with Crippen LogP contribution in [0.3, 0.4) is 0 Å². The average Bonchev–Trinajstić information content (AvgIpc) is 2.97. The summed E-state index contributed by atoms with van der Waals surface area (Å²) in [5, 5.41) is 1.37. The zero-order chi connectivity index (χ0) is 19.1. The van der Waals surface area contributed by atoms with Crippen LogP contribution in [0.1, 0.15) is 16.1 Å². The summed E-state index contributed by atoms with van der Waals surface area (Å²) in [5.74, 6) is -0.321. The summed E-state index contributed by atoms with van der Waals surface area (Å²) >= 11 is 16.4. The van der Waals surface area contributed by atoms with Crippen LogP contribution >= 0.6 is 35.8 Å². The number of hydrogen-bond donors (Lipinski definition) is 2. The highest BCUT2D eigenvalue weighted by Gasteiger charge is 2.22. The Morgan fingerprint density at radius 3 is 2.48 bits per heavy atom. The number of carbonyl (C=O) groups excluding carboxylic acids is 1. The highest BCUT2D eigenvalue weighted by atomic mass is 35.5. The van der Waals surface area contributed by atoms with Crippen LogP contribution in [0.2, 0.25) is 10.0 Å². The van der Waals surface area contributed by atoms with Crippen molar-refractivity contribution in [2.75, 3.05) is 5.73 Å². The van der Waals surface area contributed by atoms with Gasteiger partial charge in [-0.3, -0.25) is 4.79 Å². The summed E-state index contributed by atoms with van der Waals surface area (Å²) in [4.78, 5) is 13.7. The molecule has 4 aromatic rings. The van der Waals surface area contributed by atoms with E-state index in [-0.39, 0.29) is 27.8 Å². The van der Waals surface area contributed by atoms with Gasteiger partial charge in [0.25, 0.3) is 0 Å². The lowest BCUT2D eigenvalue weighted by molar-refractivity contribution is 0.101. The van der Waals surface area contributed by atoms with E-state index in [4.69, 9.17) is 33.4 Å². The fraction of sp³-hybridized carbons (Fsp3) is 0. The van der Waals surface area contributed by atoms with Gasteiger partial charge in [0.15, 0.2) is 5.76 Å². The van der Waals surface area contributed by atoms with Crippen molar-refractivity contribution in [1.29, 1.82) is 0 Å². The van der Waals surface area contributed by atoms with Gasteiger partial charge in [0.1, 0.15) is 5.58 Å². The number of rotatable bonds is 3. The first-order valence-corrected chi connectivity index (χ1v) is 9.25. The predicted molar refractivity (Wildman–Crippen MR) is 113 cm³/mol. The SMILES string of the molecule is Nc1c(C(=O)c2ccc(Cl)cc2Cl)oc2cc(-c3cccc(S)c3)ccc12. The van der Waals surface area contributed by atoms with Crippen molar-refractivity contribution in [3.8, 4) is 11.1 Å². The number of fused-ring (bicyclic) bond motifs is 1. The predicted octanol–water partition coefficient (Wildman–Crippen LogP) is 6.51. The Morgan fingerprint density at radius 2 is 1.74 bits per heavy atom. The maximum Gasteiger partial charge on any atom is 0.231 e. The van der Waals surface area contributed by atoms with Crippen molar-refractivity contribution in [2.45, 2.75) is 4.90 Å². The number of anilines is 1. The lowest BCUT2D eigenvalue weighted by atomic mass is 10.0. The topological polar surface area (TPSA) is 56.2 Å². The maximum atomic E-state index is 12.9. The molecule has 1 aromatic heterocycles. The number of hydrogen-bond acceptors (Lipinski definition) is 4. The Hall–Kier alpha value is -2.40. The van der Waals surface area contributed by atoms with Gasteiger partial charge >= 0.3 is 0 Å². The molecule has 0 radical (unpaired) electrons. The van der Waals surface area contributed by atoms with E-state index < -0.39 is 0 Å². The number of benzene rings is 3. The van der Waals surface area contributed by atoms with Crippen LogP contribution in [-0.2, 0) is 0 Å². The quantitative estimate of drug-likeness (QED) is 0.297. The normalized spacial score (nSPS) is 11.1. The first-order valence-electron chi connectivity index (χ1n) is 8.05. The molecular weight excluding hydrogens is 401 g/mol. The average molecular weight is 414 g/mol. The van der Waals surface area contributed by atoms with E-state index in [2.05, 4.69) is 12.6 Å². The van der Waals surface area contributed by atoms with E-state index in [1.807, 2.05) is 42.5 Å². The lowest BCUT2D eigenvalue weighted by Gasteiger charge is -2.02. The van der Waals surface area contributed by atoms with Crippen LogP contribution in [0.25, 0.3) is 22.1 Å². The largest absolute Gasteiger partial charge is 0.450 e. The summed E-state index contributed by atoms with van der Waals surface area (Å²) in [5.41, 5.74) is 9.21. The first-order chi connectivity index (χ1) is 12.9. The van der Waals surface area contributed by atoms with Crippen molar-refractivity contribution in [1.82, 2.24) is 0 Å². The van der Waals surface area contributed by atoms with E-state index in [9.17, 15) is 4.79 Å². The van der Waals surface area contributed by atoms with Crippen molar-refractivity contribution in [3.05, 3.63) is 82.0 Å². The van der Waals surface area contributed by atoms with E-state index in [1.165, 1.54) is 6.07 Å². The molecule has 0 spiro atoms. The van der Waals surface area contributed by atoms with Gasteiger partial charge in [-0.2, -0.15) is 0 Å². The van der Waals surface area contributed by atoms with Gasteiger partial charge in [-0.15, -0.1) is 12.6 Å². The molecule has 3 aromatic carbocycles. The molecule has 0 aliphatic carbocycles. The van der Waals surface area contributed by atoms with Gasteiger partial charge < -0.3 is 10.2 Å². The number of nitrogens with two attached hydrogens (primary N) is 1. The van der Waals surface area contributed by atoms with E-state index in [0.29, 0.717) is 16.0 Å². The zero-order valence-electron chi connectivity index (χ0n) is 13.9. The molecule has 0 amide bonds. The van der Waals surface area contributed by atoms with Gasteiger partial charge in [-0.25, -0.2) is 0 Å². The molecule has 0 atom stereocenters. The third-order valence-electron chi connectivity index (χ3n) is 4.29. The highest BCUT2D eigenvalue weighted by molar-refractivity contribution is 7.80. The van der Waals surface area contributed by atoms with Crippen LogP contribution in [0, 0.1) is 0 Å². The van der Waals surface area contributed by atoms with Gasteiger partial charge in [-0.05, 0) is 53.6 Å². The molecule has 27 heavy (non-hydrogen) atoms. The molecule has 0 bridgehead atoms. The molecule has 2 N–H and O–H groups in total. The number of thiol groups is 1. The van der Waals surface area contributed by atoms with Crippen LogP contribution in [0.4, 0.5) is 5.69 Å². The Bertz CT molecular complexity index is 1200. The molecule has 0 unspecified atom stereocenters.